The van der Waals surface area contributed by atoms with Crippen LogP contribution in [0.25, 0.3) is 5.95 Å². The smallest absolute Gasteiger partial charge is 0.319 e. The number of aromatic nitrogens is 5. The van der Waals surface area contributed by atoms with E-state index in [9.17, 15) is 4.79 Å². The molecule has 0 spiro atoms. The van der Waals surface area contributed by atoms with Crippen molar-refractivity contribution in [3.63, 3.8) is 0 Å². The summed E-state index contributed by atoms with van der Waals surface area (Å²) >= 11 is 8.16. The zero-order valence-corrected chi connectivity index (χ0v) is 17.3. The Labute approximate surface area is 173 Å². The van der Waals surface area contributed by atoms with Gasteiger partial charge in [0, 0.05) is 22.0 Å². The van der Waals surface area contributed by atoms with E-state index in [-0.39, 0.29) is 0 Å². The molecule has 0 bridgehead atoms. The Morgan fingerprint density at radius 3 is 2.74 bits per heavy atom. The first-order valence-corrected chi connectivity index (χ1v) is 9.23. The van der Waals surface area contributed by atoms with E-state index >= 15 is 0 Å². The van der Waals surface area contributed by atoms with E-state index in [2.05, 4.69) is 53.3 Å². The van der Waals surface area contributed by atoms with E-state index in [1.165, 1.54) is 18.1 Å². The van der Waals surface area contributed by atoms with Gasteiger partial charge >= 0.3 is 6.03 Å². The van der Waals surface area contributed by atoms with Crippen LogP contribution in [0.2, 0.25) is 5.02 Å². The zero-order valence-electron chi connectivity index (χ0n) is 14.3. The van der Waals surface area contributed by atoms with Crippen molar-refractivity contribution in [2.24, 2.45) is 0 Å². The molecule has 9 nitrogen and oxygen atoms in total. The number of carbonyl (C=O) groups is 1. The molecule has 11 heteroatoms. The fraction of sp³-hybridized carbons (Fsp3) is 0.188. The van der Waals surface area contributed by atoms with Crippen molar-refractivity contribution < 1.29 is 9.53 Å². The second kappa shape index (κ2) is 8.48. The third-order valence-electron chi connectivity index (χ3n) is 3.54. The van der Waals surface area contributed by atoms with E-state index < -0.39 is 12.1 Å². The molecule has 0 aliphatic carbocycles. The van der Waals surface area contributed by atoms with Crippen LogP contribution in [-0.4, -0.2) is 37.9 Å². The van der Waals surface area contributed by atoms with Gasteiger partial charge in [-0.2, -0.15) is 9.78 Å². The Hall–Kier alpha value is -2.47. The molecule has 0 aliphatic heterocycles. The standard InChI is InChI=1S/C16H15ClIN7O2/c1-9(14-21-8-22-25(14)15-19-4-3-5-20-15)23-16(26)24-12-7-13(27-2)10(17)6-11(12)18/h3-9H,1-2H3,(H2,23,24,26)/t9-/m0/s1. The van der Waals surface area contributed by atoms with Crippen LogP contribution in [0.4, 0.5) is 10.5 Å². The molecule has 0 fully saturated rings. The Kier molecular flexibility index (Phi) is 6.06. The molecule has 3 rings (SSSR count). The maximum absolute atomic E-state index is 12.4. The van der Waals surface area contributed by atoms with Crippen LogP contribution in [0.3, 0.4) is 0 Å². The number of nitrogens with one attached hydrogen (secondary N) is 2. The molecule has 27 heavy (non-hydrogen) atoms. The van der Waals surface area contributed by atoms with Crippen molar-refractivity contribution >= 4 is 45.9 Å². The number of nitrogens with zero attached hydrogens (tertiary/aromatic N) is 5. The minimum Gasteiger partial charge on any atom is -0.495 e. The highest BCUT2D eigenvalue weighted by molar-refractivity contribution is 14.1. The second-order valence-electron chi connectivity index (χ2n) is 5.37. The van der Waals surface area contributed by atoms with Gasteiger partial charge < -0.3 is 15.4 Å². The number of halogens is 2. The van der Waals surface area contributed by atoms with Crippen molar-refractivity contribution in [1.29, 1.82) is 0 Å². The third-order valence-corrected chi connectivity index (χ3v) is 4.73. The summed E-state index contributed by atoms with van der Waals surface area (Å²) in [4.78, 5) is 24.9. The minimum atomic E-state index is -0.442. The summed E-state index contributed by atoms with van der Waals surface area (Å²) in [7, 11) is 1.51. The minimum absolute atomic E-state index is 0.371. The fourth-order valence-electron chi connectivity index (χ4n) is 2.30. The van der Waals surface area contributed by atoms with Crippen LogP contribution in [0.1, 0.15) is 18.8 Å². The molecule has 0 saturated carbocycles. The molecule has 0 unspecified atom stereocenters. The van der Waals surface area contributed by atoms with Gasteiger partial charge in [0.1, 0.15) is 12.1 Å². The van der Waals surface area contributed by atoms with Crippen LogP contribution >= 0.6 is 34.2 Å². The predicted molar refractivity (Wildman–Crippen MR) is 108 cm³/mol. The highest BCUT2D eigenvalue weighted by atomic mass is 127. The molecule has 0 saturated heterocycles. The molecular weight excluding hydrogens is 485 g/mol. The Balaban J connectivity index is 1.73. The lowest BCUT2D eigenvalue weighted by molar-refractivity contribution is 0.248. The normalized spacial score (nSPS) is 11.7. The quantitative estimate of drug-likeness (QED) is 0.522. The lowest BCUT2D eigenvalue weighted by Crippen LogP contribution is -2.33. The average Bonchev–Trinajstić information content (AvgIpc) is 3.14. The summed E-state index contributed by atoms with van der Waals surface area (Å²) < 4.78 is 7.44. The molecule has 0 radical (unpaired) electrons. The summed E-state index contributed by atoms with van der Waals surface area (Å²) in [5, 5.41) is 10.2. The van der Waals surface area contributed by atoms with Crippen molar-refractivity contribution in [2.75, 3.05) is 12.4 Å². The fourth-order valence-corrected chi connectivity index (χ4v) is 3.33. The Morgan fingerprint density at radius 2 is 2.04 bits per heavy atom. The molecule has 2 aromatic heterocycles. The monoisotopic (exact) mass is 499 g/mol. The molecule has 2 amide bonds. The molecule has 140 valence electrons. The maximum atomic E-state index is 12.4. The number of ether oxygens (including phenoxy) is 1. The molecule has 0 aliphatic rings. The van der Waals surface area contributed by atoms with Crippen LogP contribution < -0.4 is 15.4 Å². The average molecular weight is 500 g/mol. The largest absolute Gasteiger partial charge is 0.495 e. The number of rotatable bonds is 5. The summed E-state index contributed by atoms with van der Waals surface area (Å²) in [6.07, 6.45) is 4.59. The van der Waals surface area contributed by atoms with Gasteiger partial charge in [-0.3, -0.25) is 0 Å². The van der Waals surface area contributed by atoms with Gasteiger partial charge in [-0.1, -0.05) is 11.6 Å². The van der Waals surface area contributed by atoms with E-state index in [0.717, 1.165) is 3.57 Å². The van der Waals surface area contributed by atoms with Gasteiger partial charge in [-0.15, -0.1) is 0 Å². The van der Waals surface area contributed by atoms with Gasteiger partial charge in [0.2, 0.25) is 0 Å². The van der Waals surface area contributed by atoms with Gasteiger partial charge in [0.15, 0.2) is 5.82 Å². The van der Waals surface area contributed by atoms with Crippen LogP contribution in [0, 0.1) is 3.57 Å². The van der Waals surface area contributed by atoms with E-state index in [1.54, 1.807) is 37.5 Å². The molecule has 1 atom stereocenters. The molecular formula is C16H15ClIN7O2. The molecule has 2 heterocycles. The lowest BCUT2D eigenvalue weighted by Gasteiger charge is -2.16. The number of hydrogen-bond acceptors (Lipinski definition) is 6. The number of anilines is 1. The van der Waals surface area contributed by atoms with Gasteiger partial charge in [0.25, 0.3) is 5.95 Å². The predicted octanol–water partition coefficient (Wildman–Crippen LogP) is 3.21. The SMILES string of the molecule is COc1cc(NC(=O)N[C@@H](C)c2ncnn2-c2ncccn2)c(I)cc1Cl. The lowest BCUT2D eigenvalue weighted by atomic mass is 10.3. The Morgan fingerprint density at radius 1 is 1.30 bits per heavy atom. The van der Waals surface area contributed by atoms with Gasteiger partial charge in [-0.25, -0.2) is 19.7 Å². The highest BCUT2D eigenvalue weighted by Gasteiger charge is 2.19. The van der Waals surface area contributed by atoms with Crippen molar-refractivity contribution in [2.45, 2.75) is 13.0 Å². The van der Waals surface area contributed by atoms with E-state index in [1.807, 2.05) is 0 Å². The van der Waals surface area contributed by atoms with Crippen LogP contribution in [-0.2, 0) is 0 Å². The highest BCUT2D eigenvalue weighted by Crippen LogP contribution is 2.32. The molecule has 2 N–H and O–H groups in total. The number of carbonyl (C=O) groups excluding carboxylic acids is 1. The number of benzene rings is 1. The first-order valence-electron chi connectivity index (χ1n) is 7.77. The number of amides is 2. The van der Waals surface area contributed by atoms with Crippen molar-refractivity contribution in [3.8, 4) is 11.7 Å². The second-order valence-corrected chi connectivity index (χ2v) is 6.93. The van der Waals surface area contributed by atoms with E-state index in [4.69, 9.17) is 16.3 Å². The van der Waals surface area contributed by atoms with Crippen LogP contribution in [0.15, 0.2) is 36.9 Å². The molecule has 3 aromatic rings. The number of hydrogen-bond donors (Lipinski definition) is 2. The Bertz CT molecular complexity index is 951. The molecule has 1 aromatic carbocycles. The van der Waals surface area contributed by atoms with Crippen LogP contribution in [0.5, 0.6) is 5.75 Å². The van der Waals surface area contributed by atoms with Gasteiger partial charge in [0.05, 0.1) is 23.9 Å². The summed E-state index contributed by atoms with van der Waals surface area (Å²) in [5.74, 6) is 1.34. The number of urea groups is 1. The summed E-state index contributed by atoms with van der Waals surface area (Å²) in [5.41, 5.74) is 0.578. The maximum Gasteiger partial charge on any atom is 0.319 e. The first kappa shape index (κ1) is 19.3. The van der Waals surface area contributed by atoms with E-state index in [0.29, 0.717) is 28.2 Å². The number of methoxy groups -OCH3 is 1. The van der Waals surface area contributed by atoms with Crippen molar-refractivity contribution in [3.05, 3.63) is 51.3 Å². The first-order chi connectivity index (χ1) is 13.0. The summed E-state index contributed by atoms with van der Waals surface area (Å²) in [6.45, 7) is 1.79. The zero-order chi connectivity index (χ0) is 19.4. The third kappa shape index (κ3) is 4.45. The summed E-state index contributed by atoms with van der Waals surface area (Å²) in [6, 6.07) is 4.23. The topological polar surface area (TPSA) is 107 Å². The van der Waals surface area contributed by atoms with Crippen molar-refractivity contribution in [1.82, 2.24) is 30.0 Å². The van der Waals surface area contributed by atoms with Gasteiger partial charge in [-0.05, 0) is 41.6 Å².